The van der Waals surface area contributed by atoms with Gasteiger partial charge in [-0.2, -0.15) is 13.2 Å². The number of para-hydroxylation sites is 1. The van der Waals surface area contributed by atoms with Crippen LogP contribution in [-0.2, 0) is 17.5 Å². The molecule has 0 radical (unpaired) electrons. The van der Waals surface area contributed by atoms with Crippen LogP contribution in [0.3, 0.4) is 0 Å². The Balaban J connectivity index is 0.000000765. The Bertz CT molecular complexity index is 694. The SMILES string of the molecule is CN(N)c1cccc(C(F)(F)F)c1N(C)Cc1ccccn1.NNC=O. The molecular weight excluding hydrogens is 349 g/mol. The van der Waals surface area contributed by atoms with E-state index in [4.69, 9.17) is 10.6 Å². The fourth-order valence-electron chi connectivity index (χ4n) is 2.26. The fourth-order valence-corrected chi connectivity index (χ4v) is 2.26. The van der Waals surface area contributed by atoms with Crippen LogP contribution in [0.1, 0.15) is 11.3 Å². The van der Waals surface area contributed by atoms with Crippen molar-refractivity contribution in [2.45, 2.75) is 12.7 Å². The van der Waals surface area contributed by atoms with Crippen molar-refractivity contribution in [3.63, 3.8) is 0 Å². The third-order valence-corrected chi connectivity index (χ3v) is 3.28. The van der Waals surface area contributed by atoms with Crippen molar-refractivity contribution in [1.82, 2.24) is 10.4 Å². The smallest absolute Gasteiger partial charge is 0.366 e. The van der Waals surface area contributed by atoms with E-state index in [0.29, 0.717) is 17.8 Å². The highest BCUT2D eigenvalue weighted by molar-refractivity contribution is 5.74. The van der Waals surface area contributed by atoms with E-state index in [0.717, 1.165) is 6.07 Å². The van der Waals surface area contributed by atoms with E-state index in [2.05, 4.69) is 10.8 Å². The summed E-state index contributed by atoms with van der Waals surface area (Å²) < 4.78 is 39.9. The first-order valence-electron chi connectivity index (χ1n) is 7.41. The molecule has 0 aliphatic heterocycles. The number of alkyl halides is 3. The Morgan fingerprint density at radius 1 is 1.19 bits per heavy atom. The van der Waals surface area contributed by atoms with Gasteiger partial charge in [0.1, 0.15) is 0 Å². The minimum Gasteiger partial charge on any atom is -0.366 e. The molecule has 0 saturated heterocycles. The van der Waals surface area contributed by atoms with Crippen LogP contribution < -0.4 is 27.0 Å². The van der Waals surface area contributed by atoms with Crippen molar-refractivity contribution in [3.05, 3.63) is 53.9 Å². The molecule has 0 spiro atoms. The highest BCUT2D eigenvalue weighted by atomic mass is 19.4. The lowest BCUT2D eigenvalue weighted by atomic mass is 10.1. The fraction of sp³-hybridized carbons (Fsp3) is 0.250. The van der Waals surface area contributed by atoms with Gasteiger partial charge in [-0.3, -0.25) is 15.2 Å². The quantitative estimate of drug-likeness (QED) is 0.320. The summed E-state index contributed by atoms with van der Waals surface area (Å²) in [7, 11) is 3.10. The number of aromatic nitrogens is 1. The number of rotatable bonds is 5. The molecule has 0 bridgehead atoms. The van der Waals surface area contributed by atoms with Crippen molar-refractivity contribution < 1.29 is 18.0 Å². The normalized spacial score (nSPS) is 10.4. The second kappa shape index (κ2) is 9.59. The number of amides is 1. The third kappa shape index (κ3) is 5.90. The van der Waals surface area contributed by atoms with Crippen molar-refractivity contribution in [3.8, 4) is 0 Å². The topological polar surface area (TPSA) is 101 Å². The summed E-state index contributed by atoms with van der Waals surface area (Å²) >= 11 is 0. The maximum absolute atomic E-state index is 13.3. The third-order valence-electron chi connectivity index (χ3n) is 3.28. The number of hydrogen-bond acceptors (Lipinski definition) is 6. The molecule has 0 unspecified atom stereocenters. The number of benzene rings is 1. The van der Waals surface area contributed by atoms with Crippen LogP contribution in [0.15, 0.2) is 42.6 Å². The molecule has 0 fully saturated rings. The highest BCUT2D eigenvalue weighted by Gasteiger charge is 2.36. The molecule has 0 aliphatic carbocycles. The summed E-state index contributed by atoms with van der Waals surface area (Å²) in [5, 5.41) is 1.18. The lowest BCUT2D eigenvalue weighted by molar-refractivity contribution is -0.137. The number of nitrogens with one attached hydrogen (secondary N) is 1. The Hall–Kier alpha value is -2.85. The van der Waals surface area contributed by atoms with E-state index in [1.165, 1.54) is 23.0 Å². The number of carbonyl (C=O) groups is 1. The van der Waals surface area contributed by atoms with E-state index in [9.17, 15) is 13.2 Å². The van der Waals surface area contributed by atoms with E-state index >= 15 is 0 Å². The van der Waals surface area contributed by atoms with Gasteiger partial charge in [0.05, 0.1) is 29.2 Å². The number of hydrogen-bond donors (Lipinski definition) is 3. The summed E-state index contributed by atoms with van der Waals surface area (Å²) in [5.41, 5.74) is 2.03. The van der Waals surface area contributed by atoms with Gasteiger partial charge in [-0.25, -0.2) is 11.7 Å². The van der Waals surface area contributed by atoms with Crippen molar-refractivity contribution in [2.24, 2.45) is 11.7 Å². The summed E-state index contributed by atoms with van der Waals surface area (Å²) in [6, 6.07) is 9.27. The van der Waals surface area contributed by atoms with E-state index in [-0.39, 0.29) is 12.2 Å². The summed E-state index contributed by atoms with van der Waals surface area (Å²) in [6.45, 7) is 0.245. The highest BCUT2D eigenvalue weighted by Crippen LogP contribution is 2.41. The number of carbonyl (C=O) groups excluding carboxylic acids is 1. The van der Waals surface area contributed by atoms with Crippen LogP contribution in [0, 0.1) is 0 Å². The van der Waals surface area contributed by atoms with Crippen LogP contribution in [-0.4, -0.2) is 25.5 Å². The van der Waals surface area contributed by atoms with Crippen molar-refractivity contribution in [2.75, 3.05) is 24.0 Å². The Kier molecular flexibility index (Phi) is 7.81. The molecule has 0 atom stereocenters. The van der Waals surface area contributed by atoms with E-state index < -0.39 is 11.7 Å². The molecule has 7 nitrogen and oxygen atoms in total. The molecule has 2 rings (SSSR count). The number of pyridine rings is 1. The van der Waals surface area contributed by atoms with Gasteiger partial charge < -0.3 is 9.91 Å². The molecule has 1 aromatic carbocycles. The first-order chi connectivity index (χ1) is 12.2. The summed E-state index contributed by atoms with van der Waals surface area (Å²) in [5.74, 6) is 10.1. The number of halogens is 3. The monoisotopic (exact) mass is 370 g/mol. The van der Waals surface area contributed by atoms with E-state index in [1.54, 1.807) is 42.9 Å². The van der Waals surface area contributed by atoms with Gasteiger partial charge in [-0.05, 0) is 24.3 Å². The number of anilines is 2. The molecule has 5 N–H and O–H groups in total. The average Bonchev–Trinajstić information content (AvgIpc) is 2.61. The van der Waals surface area contributed by atoms with Gasteiger partial charge in [0.25, 0.3) is 0 Å². The molecule has 2 aromatic rings. The number of hydrazine groups is 2. The molecule has 0 aliphatic rings. The first-order valence-corrected chi connectivity index (χ1v) is 7.41. The second-order valence-electron chi connectivity index (χ2n) is 5.24. The molecule has 10 heteroatoms. The van der Waals surface area contributed by atoms with Crippen LogP contribution in [0.5, 0.6) is 0 Å². The van der Waals surface area contributed by atoms with Gasteiger partial charge in [0.2, 0.25) is 6.41 Å². The van der Waals surface area contributed by atoms with Crippen LogP contribution >= 0.6 is 0 Å². The molecule has 0 saturated carbocycles. The van der Waals surface area contributed by atoms with E-state index in [1.807, 2.05) is 0 Å². The maximum atomic E-state index is 13.3. The predicted molar refractivity (Wildman–Crippen MR) is 93.8 cm³/mol. The van der Waals surface area contributed by atoms with Gasteiger partial charge in [0, 0.05) is 20.3 Å². The summed E-state index contributed by atoms with van der Waals surface area (Å²) in [6.07, 6.45) is -2.45. The maximum Gasteiger partial charge on any atom is 0.418 e. The first kappa shape index (κ1) is 21.2. The Labute approximate surface area is 149 Å². The molecule has 142 valence electrons. The zero-order chi connectivity index (χ0) is 19.7. The molecule has 1 aromatic heterocycles. The second-order valence-corrected chi connectivity index (χ2v) is 5.24. The largest absolute Gasteiger partial charge is 0.418 e. The minimum atomic E-state index is -4.46. The lowest BCUT2D eigenvalue weighted by Crippen LogP contribution is -2.30. The van der Waals surface area contributed by atoms with Crippen molar-refractivity contribution >= 4 is 17.8 Å². The lowest BCUT2D eigenvalue weighted by Gasteiger charge is -2.28. The Morgan fingerprint density at radius 3 is 2.31 bits per heavy atom. The number of nitrogens with zero attached hydrogens (tertiary/aromatic N) is 3. The van der Waals surface area contributed by atoms with Crippen molar-refractivity contribution in [1.29, 1.82) is 0 Å². The van der Waals surface area contributed by atoms with Crippen LogP contribution in [0.2, 0.25) is 0 Å². The average molecular weight is 370 g/mol. The predicted octanol–water partition coefficient (Wildman–Crippen LogP) is 1.65. The molecule has 1 amide bonds. The van der Waals surface area contributed by atoms with Gasteiger partial charge in [-0.15, -0.1) is 0 Å². The minimum absolute atomic E-state index is 0.0330. The van der Waals surface area contributed by atoms with Crippen LogP contribution in [0.4, 0.5) is 24.5 Å². The van der Waals surface area contributed by atoms with Gasteiger partial charge >= 0.3 is 6.18 Å². The Morgan fingerprint density at radius 2 is 1.85 bits per heavy atom. The van der Waals surface area contributed by atoms with Gasteiger partial charge in [-0.1, -0.05) is 12.1 Å². The van der Waals surface area contributed by atoms with Crippen LogP contribution in [0.25, 0.3) is 0 Å². The zero-order valence-corrected chi connectivity index (χ0v) is 14.4. The van der Waals surface area contributed by atoms with Gasteiger partial charge in [0.15, 0.2) is 0 Å². The summed E-state index contributed by atoms with van der Waals surface area (Å²) in [4.78, 5) is 14.6. The molecule has 26 heavy (non-hydrogen) atoms. The molecule has 1 heterocycles. The zero-order valence-electron chi connectivity index (χ0n) is 14.4. The molecular formula is C16H21F3N6O. The standard InChI is InChI=1S/C15H17F3N4.CH4N2O/c1-21(10-11-6-3-4-9-20-11)14-12(15(16,17)18)7-5-8-13(14)22(2)19;2-3-1-4/h3-9H,10,19H2,1-2H3;1H,2H2,(H,3,4). The number of nitrogens with two attached hydrogens (primary N) is 2.